The van der Waals surface area contributed by atoms with Crippen molar-refractivity contribution >= 4 is 0 Å². The summed E-state index contributed by atoms with van der Waals surface area (Å²) in [6.07, 6.45) is 1.28. The first-order chi connectivity index (χ1) is 5.77. The second-order valence-corrected chi connectivity index (χ2v) is 2.87. The quantitative estimate of drug-likeness (QED) is 0.671. The number of likely N-dealkylation sites (N-methyl/N-ethyl adjacent to an activating group) is 1. The van der Waals surface area contributed by atoms with Crippen LogP contribution in [0.3, 0.4) is 0 Å². The van der Waals surface area contributed by atoms with Crippen molar-refractivity contribution in [2.24, 2.45) is 0 Å². The van der Waals surface area contributed by atoms with Crippen LogP contribution in [0, 0.1) is 0 Å². The summed E-state index contributed by atoms with van der Waals surface area (Å²) in [6, 6.07) is 0.310. The number of aliphatic hydroxyl groups excluding tert-OH is 1. The van der Waals surface area contributed by atoms with Gasteiger partial charge in [-0.1, -0.05) is 13.8 Å². The minimum Gasteiger partial charge on any atom is -0.395 e. The maximum Gasteiger partial charge on any atom is 0.0714 e. The van der Waals surface area contributed by atoms with E-state index in [1.165, 1.54) is 0 Å². The van der Waals surface area contributed by atoms with E-state index in [0.29, 0.717) is 12.1 Å². The van der Waals surface area contributed by atoms with Crippen molar-refractivity contribution in [1.29, 1.82) is 0 Å². The van der Waals surface area contributed by atoms with Gasteiger partial charge in [0, 0.05) is 19.7 Å². The molecular formula is C9H21NO2. The molecule has 1 heterocycles. The molecular weight excluding hydrogens is 154 g/mol. The van der Waals surface area contributed by atoms with Crippen LogP contribution in [0.5, 0.6) is 0 Å². The van der Waals surface area contributed by atoms with Gasteiger partial charge in [0.2, 0.25) is 0 Å². The molecule has 0 aliphatic carbocycles. The monoisotopic (exact) mass is 175 g/mol. The SMILES string of the molecule is CC.COC1CC(CO)N(C)C1. The van der Waals surface area contributed by atoms with E-state index in [1.807, 2.05) is 20.9 Å². The molecule has 0 bridgehead atoms. The lowest BCUT2D eigenvalue weighted by Gasteiger charge is -2.14. The van der Waals surface area contributed by atoms with Crippen molar-refractivity contribution in [2.45, 2.75) is 32.4 Å². The molecule has 0 amide bonds. The fourth-order valence-corrected chi connectivity index (χ4v) is 1.41. The Morgan fingerprint density at radius 2 is 2.08 bits per heavy atom. The van der Waals surface area contributed by atoms with Crippen molar-refractivity contribution < 1.29 is 9.84 Å². The maximum atomic E-state index is 8.85. The summed E-state index contributed by atoms with van der Waals surface area (Å²) in [6.45, 7) is 5.19. The van der Waals surface area contributed by atoms with Crippen LogP contribution in [0.2, 0.25) is 0 Å². The molecule has 0 radical (unpaired) electrons. The third kappa shape index (κ3) is 3.09. The summed E-state index contributed by atoms with van der Waals surface area (Å²) in [5.74, 6) is 0. The molecule has 1 saturated heterocycles. The van der Waals surface area contributed by atoms with Crippen LogP contribution in [-0.2, 0) is 4.74 Å². The lowest BCUT2D eigenvalue weighted by atomic mass is 10.2. The number of hydrogen-bond acceptors (Lipinski definition) is 3. The van der Waals surface area contributed by atoms with Crippen LogP contribution in [0.15, 0.2) is 0 Å². The van der Waals surface area contributed by atoms with E-state index in [-0.39, 0.29) is 6.61 Å². The molecule has 0 aromatic rings. The summed E-state index contributed by atoms with van der Waals surface area (Å²) in [5.41, 5.74) is 0. The fraction of sp³-hybridized carbons (Fsp3) is 1.00. The third-order valence-electron chi connectivity index (χ3n) is 2.19. The Morgan fingerprint density at radius 3 is 2.33 bits per heavy atom. The zero-order valence-corrected chi connectivity index (χ0v) is 8.58. The average Bonchev–Trinajstić information content (AvgIpc) is 2.49. The molecule has 1 fully saturated rings. The van der Waals surface area contributed by atoms with Crippen LogP contribution in [0.4, 0.5) is 0 Å². The number of methoxy groups -OCH3 is 1. The predicted octanol–water partition coefficient (Wildman–Crippen LogP) is 0.724. The van der Waals surface area contributed by atoms with Crippen molar-refractivity contribution in [3.8, 4) is 0 Å². The highest BCUT2D eigenvalue weighted by molar-refractivity contribution is 4.82. The van der Waals surface area contributed by atoms with Crippen LogP contribution >= 0.6 is 0 Å². The van der Waals surface area contributed by atoms with Gasteiger partial charge in [0.1, 0.15) is 0 Å². The Morgan fingerprint density at radius 1 is 1.50 bits per heavy atom. The zero-order valence-electron chi connectivity index (χ0n) is 8.58. The smallest absolute Gasteiger partial charge is 0.0714 e. The van der Waals surface area contributed by atoms with Gasteiger partial charge in [0.05, 0.1) is 12.7 Å². The molecule has 1 rings (SSSR count). The molecule has 0 aromatic carbocycles. The van der Waals surface area contributed by atoms with Crippen molar-refractivity contribution in [3.05, 3.63) is 0 Å². The van der Waals surface area contributed by atoms with E-state index in [2.05, 4.69) is 4.90 Å². The number of rotatable bonds is 2. The molecule has 2 unspecified atom stereocenters. The number of nitrogens with zero attached hydrogens (tertiary/aromatic N) is 1. The van der Waals surface area contributed by atoms with E-state index in [1.54, 1.807) is 7.11 Å². The van der Waals surface area contributed by atoms with Crippen LogP contribution in [0.25, 0.3) is 0 Å². The van der Waals surface area contributed by atoms with Gasteiger partial charge in [-0.3, -0.25) is 4.90 Å². The van der Waals surface area contributed by atoms with Crippen molar-refractivity contribution in [1.82, 2.24) is 4.90 Å². The van der Waals surface area contributed by atoms with Gasteiger partial charge in [-0.15, -0.1) is 0 Å². The molecule has 1 aliphatic heterocycles. The van der Waals surface area contributed by atoms with Crippen LogP contribution in [0.1, 0.15) is 20.3 Å². The molecule has 74 valence electrons. The van der Waals surface area contributed by atoms with E-state index in [4.69, 9.17) is 9.84 Å². The van der Waals surface area contributed by atoms with Gasteiger partial charge in [0.15, 0.2) is 0 Å². The second kappa shape index (κ2) is 6.40. The lowest BCUT2D eigenvalue weighted by Crippen LogP contribution is -2.28. The standard InChI is InChI=1S/C7H15NO2.C2H6/c1-8-4-7(10-2)3-6(8)5-9;1-2/h6-7,9H,3-5H2,1-2H3;1-2H3. The van der Waals surface area contributed by atoms with Gasteiger partial charge < -0.3 is 9.84 Å². The number of hydrogen-bond donors (Lipinski definition) is 1. The van der Waals surface area contributed by atoms with Gasteiger partial charge in [-0.05, 0) is 13.5 Å². The lowest BCUT2D eigenvalue weighted by molar-refractivity contribution is 0.111. The Balaban J connectivity index is 0.000000561. The van der Waals surface area contributed by atoms with Gasteiger partial charge in [-0.25, -0.2) is 0 Å². The molecule has 3 heteroatoms. The predicted molar refractivity (Wildman–Crippen MR) is 50.3 cm³/mol. The summed E-state index contributed by atoms with van der Waals surface area (Å²) < 4.78 is 5.16. The highest BCUT2D eigenvalue weighted by Gasteiger charge is 2.28. The van der Waals surface area contributed by atoms with Crippen LogP contribution < -0.4 is 0 Å². The number of aliphatic hydroxyl groups is 1. The van der Waals surface area contributed by atoms with E-state index >= 15 is 0 Å². The summed E-state index contributed by atoms with van der Waals surface area (Å²) in [7, 11) is 3.73. The first-order valence-corrected chi connectivity index (χ1v) is 4.61. The summed E-state index contributed by atoms with van der Waals surface area (Å²) in [5, 5.41) is 8.85. The normalized spacial score (nSPS) is 29.8. The minimum absolute atomic E-state index is 0.246. The van der Waals surface area contributed by atoms with Gasteiger partial charge in [0.25, 0.3) is 0 Å². The summed E-state index contributed by atoms with van der Waals surface area (Å²) >= 11 is 0. The molecule has 1 N–H and O–H groups in total. The number of ether oxygens (including phenoxy) is 1. The second-order valence-electron chi connectivity index (χ2n) is 2.87. The molecule has 2 atom stereocenters. The maximum absolute atomic E-state index is 8.85. The van der Waals surface area contributed by atoms with Gasteiger partial charge >= 0.3 is 0 Å². The molecule has 0 aromatic heterocycles. The van der Waals surface area contributed by atoms with Crippen molar-refractivity contribution in [2.75, 3.05) is 27.3 Å². The fourth-order valence-electron chi connectivity index (χ4n) is 1.41. The molecule has 12 heavy (non-hydrogen) atoms. The summed E-state index contributed by atoms with van der Waals surface area (Å²) in [4.78, 5) is 2.13. The first kappa shape index (κ1) is 11.9. The van der Waals surface area contributed by atoms with Gasteiger partial charge in [-0.2, -0.15) is 0 Å². The first-order valence-electron chi connectivity index (χ1n) is 4.61. The van der Waals surface area contributed by atoms with E-state index in [0.717, 1.165) is 13.0 Å². The number of likely N-dealkylation sites (tertiary alicyclic amines) is 1. The molecule has 1 aliphatic rings. The Kier molecular flexibility index (Phi) is 6.34. The third-order valence-corrected chi connectivity index (χ3v) is 2.19. The highest BCUT2D eigenvalue weighted by atomic mass is 16.5. The Bertz CT molecular complexity index is 109. The zero-order chi connectivity index (χ0) is 9.56. The van der Waals surface area contributed by atoms with E-state index in [9.17, 15) is 0 Å². The molecule has 3 nitrogen and oxygen atoms in total. The highest BCUT2D eigenvalue weighted by Crippen LogP contribution is 2.16. The Hall–Kier alpha value is -0.120. The topological polar surface area (TPSA) is 32.7 Å². The largest absolute Gasteiger partial charge is 0.395 e. The average molecular weight is 175 g/mol. The molecule has 0 spiro atoms. The Labute approximate surface area is 75.3 Å². The minimum atomic E-state index is 0.246. The van der Waals surface area contributed by atoms with Crippen molar-refractivity contribution in [3.63, 3.8) is 0 Å². The van der Waals surface area contributed by atoms with E-state index < -0.39 is 0 Å². The van der Waals surface area contributed by atoms with Crippen LogP contribution in [-0.4, -0.2) is 49.5 Å². The molecule has 0 saturated carbocycles.